The molecule has 0 aromatic carbocycles. The predicted molar refractivity (Wildman–Crippen MR) is 66.9 cm³/mol. The fourth-order valence-electron chi connectivity index (χ4n) is 1.85. The number of aromatic nitrogens is 3. The van der Waals surface area contributed by atoms with E-state index in [4.69, 9.17) is 0 Å². The van der Waals surface area contributed by atoms with Crippen molar-refractivity contribution < 1.29 is 9.90 Å². The second-order valence-electron chi connectivity index (χ2n) is 4.27. The number of hydrogen-bond acceptors (Lipinski definition) is 3. The minimum Gasteiger partial charge on any atom is -0.335 e. The van der Waals surface area contributed by atoms with Crippen molar-refractivity contribution >= 4 is 16.8 Å². The van der Waals surface area contributed by atoms with Crippen molar-refractivity contribution in [1.29, 1.82) is 0 Å². The lowest BCUT2D eigenvalue weighted by Crippen LogP contribution is -2.01. The molecule has 0 spiro atoms. The molecule has 1 radical (unpaired) electrons. The summed E-state index contributed by atoms with van der Waals surface area (Å²) >= 11 is 0. The number of rotatable bonds is 7. The van der Waals surface area contributed by atoms with Gasteiger partial charge in [-0.3, -0.25) is 9.78 Å². The fourth-order valence-corrected chi connectivity index (χ4v) is 1.85. The van der Waals surface area contributed by atoms with Gasteiger partial charge in [-0.25, -0.2) is 10.1 Å². The van der Waals surface area contributed by atoms with E-state index in [9.17, 15) is 9.90 Å². The highest BCUT2D eigenvalue weighted by Crippen LogP contribution is 2.12. The smallest absolute Gasteiger partial charge is 0.198 e. The van der Waals surface area contributed by atoms with Crippen LogP contribution in [-0.2, 0) is 5.11 Å². The molecule has 5 nitrogen and oxygen atoms in total. The number of pyridine rings is 1. The Labute approximate surface area is 105 Å². The van der Waals surface area contributed by atoms with Crippen LogP contribution in [0.3, 0.4) is 0 Å². The highest BCUT2D eigenvalue weighted by Gasteiger charge is 2.10. The van der Waals surface area contributed by atoms with Gasteiger partial charge in [0.15, 0.2) is 11.6 Å². The summed E-state index contributed by atoms with van der Waals surface area (Å²) in [5.74, 6) is 0.426. The standard InChI is InChI=1S/C13H16N3O2/c17-8-4-2-1-3-5-12(18)13-15-10-6-7-14-9-11(10)16-13/h6-7,9H,1-5,8H2,(H,15,16). The first-order valence-electron chi connectivity index (χ1n) is 6.22. The van der Waals surface area contributed by atoms with Gasteiger partial charge in [0, 0.05) is 12.6 Å². The maximum Gasteiger partial charge on any atom is 0.198 e. The third-order valence-electron chi connectivity index (χ3n) is 2.85. The summed E-state index contributed by atoms with van der Waals surface area (Å²) in [6.07, 6.45) is 7.12. The molecule has 1 N–H and O–H groups in total. The van der Waals surface area contributed by atoms with E-state index < -0.39 is 0 Å². The molecule has 0 bridgehead atoms. The molecule has 0 amide bonds. The van der Waals surface area contributed by atoms with Crippen molar-refractivity contribution in [2.75, 3.05) is 6.61 Å². The summed E-state index contributed by atoms with van der Waals surface area (Å²) < 4.78 is 0. The van der Waals surface area contributed by atoms with Gasteiger partial charge in [-0.15, -0.1) is 0 Å². The number of aromatic amines is 1. The molecule has 2 heterocycles. The zero-order valence-electron chi connectivity index (χ0n) is 10.2. The van der Waals surface area contributed by atoms with Crippen LogP contribution < -0.4 is 0 Å². The largest absolute Gasteiger partial charge is 0.335 e. The van der Waals surface area contributed by atoms with E-state index >= 15 is 0 Å². The third kappa shape index (κ3) is 3.13. The van der Waals surface area contributed by atoms with Crippen molar-refractivity contribution in [2.45, 2.75) is 32.1 Å². The van der Waals surface area contributed by atoms with Crippen molar-refractivity contribution in [1.82, 2.24) is 15.0 Å². The lowest BCUT2D eigenvalue weighted by Gasteiger charge is -1.97. The quantitative estimate of drug-likeness (QED) is 0.602. The molecule has 0 saturated carbocycles. The van der Waals surface area contributed by atoms with Crippen LogP contribution in [-0.4, -0.2) is 27.3 Å². The SMILES string of the molecule is [O]CCCCCCC(=O)c1nc2cnccc2[nH]1. The number of nitrogens with zero attached hydrogens (tertiary/aromatic N) is 2. The summed E-state index contributed by atoms with van der Waals surface area (Å²) in [4.78, 5) is 23.0. The highest BCUT2D eigenvalue weighted by atomic mass is 16.2. The van der Waals surface area contributed by atoms with Crippen LogP contribution in [0.1, 0.15) is 42.7 Å². The Hall–Kier alpha value is -1.75. The number of nitrogens with one attached hydrogen (secondary N) is 1. The summed E-state index contributed by atoms with van der Waals surface area (Å²) in [5.41, 5.74) is 1.55. The Kier molecular flexibility index (Phi) is 4.41. The minimum atomic E-state index is -0.0233. The van der Waals surface area contributed by atoms with Crippen molar-refractivity contribution in [3.8, 4) is 0 Å². The molecule has 2 rings (SSSR count). The molecule has 18 heavy (non-hydrogen) atoms. The lowest BCUT2D eigenvalue weighted by molar-refractivity contribution is 0.0970. The number of ketones is 1. The molecular formula is C13H16N3O2. The van der Waals surface area contributed by atoms with Crippen LogP contribution in [0.2, 0.25) is 0 Å². The number of imidazole rings is 1. The van der Waals surface area contributed by atoms with Gasteiger partial charge in [0.1, 0.15) is 5.52 Å². The Morgan fingerprint density at radius 3 is 2.83 bits per heavy atom. The van der Waals surface area contributed by atoms with Gasteiger partial charge in [0.25, 0.3) is 0 Å². The molecule has 2 aromatic rings. The highest BCUT2D eigenvalue weighted by molar-refractivity contribution is 5.95. The monoisotopic (exact) mass is 246 g/mol. The minimum absolute atomic E-state index is 0.0216. The van der Waals surface area contributed by atoms with E-state index in [1.54, 1.807) is 18.5 Å². The molecule has 2 aromatic heterocycles. The van der Waals surface area contributed by atoms with E-state index in [-0.39, 0.29) is 12.4 Å². The average molecular weight is 246 g/mol. The van der Waals surface area contributed by atoms with E-state index in [0.717, 1.165) is 24.8 Å². The van der Waals surface area contributed by atoms with Crippen LogP contribution in [0.25, 0.3) is 11.0 Å². The van der Waals surface area contributed by atoms with Crippen molar-refractivity contribution in [2.24, 2.45) is 0 Å². The molecule has 5 heteroatoms. The van der Waals surface area contributed by atoms with Crippen LogP contribution in [0, 0.1) is 0 Å². The Morgan fingerprint density at radius 2 is 2.06 bits per heavy atom. The lowest BCUT2D eigenvalue weighted by atomic mass is 10.1. The number of fused-ring (bicyclic) bond motifs is 1. The summed E-state index contributed by atoms with van der Waals surface area (Å²) in [7, 11) is 0. The van der Waals surface area contributed by atoms with Crippen LogP contribution in [0.15, 0.2) is 18.5 Å². The molecule has 95 valence electrons. The Balaban J connectivity index is 1.88. The van der Waals surface area contributed by atoms with Gasteiger partial charge in [-0.05, 0) is 18.9 Å². The zero-order valence-corrected chi connectivity index (χ0v) is 10.2. The molecule has 0 unspecified atom stereocenters. The first-order valence-corrected chi connectivity index (χ1v) is 6.22. The molecule has 0 saturated heterocycles. The number of carbonyl (C=O) groups excluding carboxylic acids is 1. The van der Waals surface area contributed by atoms with E-state index in [1.165, 1.54) is 0 Å². The molecule has 0 atom stereocenters. The van der Waals surface area contributed by atoms with Gasteiger partial charge in [-0.1, -0.05) is 12.8 Å². The maximum atomic E-state index is 11.9. The van der Waals surface area contributed by atoms with Gasteiger partial charge in [-0.2, -0.15) is 0 Å². The zero-order chi connectivity index (χ0) is 12.8. The maximum absolute atomic E-state index is 11.9. The van der Waals surface area contributed by atoms with Gasteiger partial charge in [0.2, 0.25) is 0 Å². The van der Waals surface area contributed by atoms with E-state index in [0.29, 0.717) is 24.2 Å². The van der Waals surface area contributed by atoms with Crippen LogP contribution >= 0.6 is 0 Å². The molecule has 0 aliphatic rings. The molecular weight excluding hydrogens is 230 g/mol. The Morgan fingerprint density at radius 1 is 1.22 bits per heavy atom. The number of Topliss-reactive ketones (excluding diaryl/α,β-unsaturated/α-hetero) is 1. The molecule has 0 aliphatic heterocycles. The number of carbonyl (C=O) groups is 1. The molecule has 0 fully saturated rings. The number of unbranched alkanes of at least 4 members (excludes halogenated alkanes) is 3. The summed E-state index contributed by atoms with van der Waals surface area (Å²) in [6.45, 7) is -0.0233. The van der Waals surface area contributed by atoms with Crippen molar-refractivity contribution in [3.05, 3.63) is 24.3 Å². The van der Waals surface area contributed by atoms with Crippen LogP contribution in [0.5, 0.6) is 0 Å². The predicted octanol–water partition coefficient (Wildman–Crippen LogP) is 2.52. The topological polar surface area (TPSA) is 78.5 Å². The summed E-state index contributed by atoms with van der Waals surface area (Å²) in [6, 6.07) is 1.80. The van der Waals surface area contributed by atoms with E-state index in [2.05, 4.69) is 15.0 Å². The second kappa shape index (κ2) is 6.26. The molecule has 0 aliphatic carbocycles. The van der Waals surface area contributed by atoms with Gasteiger partial charge >= 0.3 is 0 Å². The third-order valence-corrected chi connectivity index (χ3v) is 2.85. The summed E-state index contributed by atoms with van der Waals surface area (Å²) in [5, 5.41) is 10.3. The normalized spacial score (nSPS) is 10.9. The fraction of sp³-hybridized carbons (Fsp3) is 0.462. The van der Waals surface area contributed by atoms with E-state index in [1.807, 2.05) is 0 Å². The van der Waals surface area contributed by atoms with Gasteiger partial charge < -0.3 is 4.98 Å². The average Bonchev–Trinajstić information content (AvgIpc) is 2.82. The Bertz CT molecular complexity index is 489. The number of H-pyrrole nitrogens is 1. The first-order chi connectivity index (χ1) is 8.81. The van der Waals surface area contributed by atoms with Crippen LogP contribution in [0.4, 0.5) is 0 Å². The number of hydrogen-bond donors (Lipinski definition) is 1. The van der Waals surface area contributed by atoms with Crippen molar-refractivity contribution in [3.63, 3.8) is 0 Å². The second-order valence-corrected chi connectivity index (χ2v) is 4.27. The van der Waals surface area contributed by atoms with Gasteiger partial charge in [0.05, 0.1) is 18.3 Å². The first kappa shape index (κ1) is 12.7.